The van der Waals surface area contributed by atoms with Gasteiger partial charge in [0.25, 0.3) is 0 Å². The van der Waals surface area contributed by atoms with E-state index in [4.69, 9.17) is 4.74 Å². The van der Waals surface area contributed by atoms with E-state index in [0.29, 0.717) is 47.8 Å². The Labute approximate surface area is 207 Å². The highest BCUT2D eigenvalue weighted by molar-refractivity contribution is 5.91. The first-order chi connectivity index (χ1) is 16.5. The number of likely N-dealkylation sites (tertiary alicyclic amines) is 1. The molecule has 2 aliphatic carbocycles. The summed E-state index contributed by atoms with van der Waals surface area (Å²) < 4.78 is 5.63. The van der Waals surface area contributed by atoms with E-state index in [1.165, 1.54) is 35.9 Å². The zero-order valence-electron chi connectivity index (χ0n) is 21.2. The molecule has 4 rings (SSSR count). The smallest absolute Gasteiger partial charge is 0.328 e. The van der Waals surface area contributed by atoms with Crippen LogP contribution in [0.2, 0.25) is 0 Å². The molecule has 0 spiro atoms. The molecule has 3 N–H and O–H groups in total. The molecule has 0 radical (unpaired) electrons. The van der Waals surface area contributed by atoms with Crippen molar-refractivity contribution in [2.45, 2.75) is 78.3 Å². The Hall–Kier alpha value is -2.77. The van der Waals surface area contributed by atoms with Crippen LogP contribution in [0.4, 0.5) is 0 Å². The van der Waals surface area contributed by atoms with Crippen molar-refractivity contribution in [3.8, 4) is 11.5 Å². The van der Waals surface area contributed by atoms with Crippen LogP contribution in [0.15, 0.2) is 18.2 Å². The lowest BCUT2D eigenvalue weighted by Gasteiger charge is -2.27. The molecule has 1 aromatic carbocycles. The van der Waals surface area contributed by atoms with Gasteiger partial charge in [-0.1, -0.05) is 26.8 Å². The molecule has 2 saturated carbocycles. The van der Waals surface area contributed by atoms with Crippen LogP contribution in [-0.4, -0.2) is 58.1 Å². The van der Waals surface area contributed by atoms with E-state index in [0.717, 1.165) is 12.8 Å². The summed E-state index contributed by atoms with van der Waals surface area (Å²) in [5.41, 5.74) is 1.31. The number of benzene rings is 1. The standard InChI is InChI=1S/C27H38N2O6/c1-16(28-22(32)15-17-7-8-20(30)21(31)14-17)24(33)29-12-5-6-19(29)25(34)35-13-10-18-9-11-27(4)23(18)26(27,2)3/h7-8,14,16,18-19,23,30-31H,5-6,9-13,15H2,1-4H3,(H,28,32). The molecule has 3 aliphatic rings. The van der Waals surface area contributed by atoms with Gasteiger partial charge in [-0.05, 0) is 79.4 Å². The number of phenols is 2. The van der Waals surface area contributed by atoms with E-state index in [9.17, 15) is 24.6 Å². The van der Waals surface area contributed by atoms with Crippen LogP contribution < -0.4 is 5.32 Å². The molecular formula is C27H38N2O6. The average Bonchev–Trinajstić information content (AvgIpc) is 3.22. The summed E-state index contributed by atoms with van der Waals surface area (Å²) in [6, 6.07) is 2.75. The van der Waals surface area contributed by atoms with Gasteiger partial charge in [-0.25, -0.2) is 4.79 Å². The van der Waals surface area contributed by atoms with Crippen LogP contribution in [0.3, 0.4) is 0 Å². The van der Waals surface area contributed by atoms with E-state index in [1.54, 1.807) is 6.92 Å². The highest BCUT2D eigenvalue weighted by atomic mass is 16.5. The normalized spacial score (nSPS) is 29.4. The summed E-state index contributed by atoms with van der Waals surface area (Å²) in [6.07, 6.45) is 4.54. The fraction of sp³-hybridized carbons (Fsp3) is 0.667. The molecule has 1 aliphatic heterocycles. The third-order valence-electron chi connectivity index (χ3n) is 9.05. The number of carbonyl (C=O) groups is 3. The first kappa shape index (κ1) is 25.3. The van der Waals surface area contributed by atoms with Crippen molar-refractivity contribution in [2.24, 2.45) is 22.7 Å². The maximum absolute atomic E-state index is 13.0. The lowest BCUT2D eigenvalue weighted by atomic mass is 9.88. The molecule has 8 nitrogen and oxygen atoms in total. The number of aromatic hydroxyl groups is 2. The van der Waals surface area contributed by atoms with Crippen LogP contribution in [-0.2, 0) is 25.5 Å². The quantitative estimate of drug-likeness (QED) is 0.384. The van der Waals surface area contributed by atoms with Gasteiger partial charge in [0.1, 0.15) is 12.1 Å². The summed E-state index contributed by atoms with van der Waals surface area (Å²) in [5, 5.41) is 21.7. The van der Waals surface area contributed by atoms with E-state index < -0.39 is 12.1 Å². The summed E-state index contributed by atoms with van der Waals surface area (Å²) >= 11 is 0. The minimum atomic E-state index is -0.796. The van der Waals surface area contributed by atoms with Gasteiger partial charge in [0.05, 0.1) is 13.0 Å². The number of esters is 1. The van der Waals surface area contributed by atoms with Gasteiger partial charge in [-0.15, -0.1) is 0 Å². The molecule has 192 valence electrons. The molecular weight excluding hydrogens is 448 g/mol. The Bertz CT molecular complexity index is 1010. The third kappa shape index (κ3) is 4.71. The highest BCUT2D eigenvalue weighted by Crippen LogP contribution is 2.78. The lowest BCUT2D eigenvalue weighted by molar-refractivity contribution is -0.154. The molecule has 1 heterocycles. The number of carbonyl (C=O) groups excluding carboxylic acids is 3. The second-order valence-corrected chi connectivity index (χ2v) is 11.4. The van der Waals surface area contributed by atoms with Crippen molar-refractivity contribution in [3.63, 3.8) is 0 Å². The molecule has 0 bridgehead atoms. The number of hydrogen-bond donors (Lipinski definition) is 3. The van der Waals surface area contributed by atoms with Crippen LogP contribution in [0.1, 0.15) is 65.4 Å². The number of amides is 2. The van der Waals surface area contributed by atoms with Gasteiger partial charge in [0.2, 0.25) is 11.8 Å². The second kappa shape index (κ2) is 9.36. The number of ether oxygens (including phenoxy) is 1. The predicted octanol–water partition coefficient (Wildman–Crippen LogP) is 3.14. The molecule has 2 amide bonds. The summed E-state index contributed by atoms with van der Waals surface area (Å²) in [4.78, 5) is 39.8. The third-order valence-corrected chi connectivity index (χ3v) is 9.05. The van der Waals surface area contributed by atoms with E-state index >= 15 is 0 Å². The molecule has 5 unspecified atom stereocenters. The predicted molar refractivity (Wildman–Crippen MR) is 129 cm³/mol. The number of rotatable bonds is 8. The molecule has 1 saturated heterocycles. The highest BCUT2D eigenvalue weighted by Gasteiger charge is 2.72. The molecule has 0 aromatic heterocycles. The first-order valence-corrected chi connectivity index (χ1v) is 12.7. The number of hydrogen-bond acceptors (Lipinski definition) is 6. The van der Waals surface area contributed by atoms with Gasteiger partial charge in [0, 0.05) is 6.54 Å². The van der Waals surface area contributed by atoms with Crippen molar-refractivity contribution in [2.75, 3.05) is 13.2 Å². The Kier molecular flexibility index (Phi) is 6.77. The maximum Gasteiger partial charge on any atom is 0.328 e. The van der Waals surface area contributed by atoms with Gasteiger partial charge in [-0.2, -0.15) is 0 Å². The molecule has 35 heavy (non-hydrogen) atoms. The second-order valence-electron chi connectivity index (χ2n) is 11.4. The monoisotopic (exact) mass is 486 g/mol. The largest absolute Gasteiger partial charge is 0.504 e. The van der Waals surface area contributed by atoms with Gasteiger partial charge >= 0.3 is 5.97 Å². The van der Waals surface area contributed by atoms with E-state index in [-0.39, 0.29) is 35.7 Å². The molecule has 8 heteroatoms. The van der Waals surface area contributed by atoms with Crippen molar-refractivity contribution in [1.29, 1.82) is 0 Å². The van der Waals surface area contributed by atoms with Crippen molar-refractivity contribution in [1.82, 2.24) is 10.2 Å². The van der Waals surface area contributed by atoms with Crippen LogP contribution >= 0.6 is 0 Å². The Balaban J connectivity index is 1.24. The molecule has 3 fully saturated rings. The number of nitrogens with one attached hydrogen (secondary N) is 1. The summed E-state index contributed by atoms with van der Waals surface area (Å²) in [6.45, 7) is 9.50. The zero-order chi connectivity index (χ0) is 25.5. The summed E-state index contributed by atoms with van der Waals surface area (Å²) in [7, 11) is 0. The lowest BCUT2D eigenvalue weighted by Crippen LogP contribution is -2.51. The maximum atomic E-state index is 13.0. The van der Waals surface area contributed by atoms with Gasteiger partial charge in [0.15, 0.2) is 11.5 Å². The minimum Gasteiger partial charge on any atom is -0.504 e. The number of phenolic OH excluding ortho intramolecular Hbond substituents is 2. The van der Waals surface area contributed by atoms with Crippen molar-refractivity contribution >= 4 is 17.8 Å². The average molecular weight is 487 g/mol. The fourth-order valence-electron chi connectivity index (χ4n) is 6.82. The SMILES string of the molecule is CC(NC(=O)Cc1ccc(O)c(O)c1)C(=O)N1CCCC1C(=O)OCCC1CCC2(C)C1C2(C)C. The number of fused-ring (bicyclic) bond motifs is 1. The Morgan fingerprint density at radius 2 is 1.91 bits per heavy atom. The first-order valence-electron chi connectivity index (χ1n) is 12.7. The van der Waals surface area contributed by atoms with Crippen molar-refractivity contribution < 1.29 is 29.3 Å². The minimum absolute atomic E-state index is 0.0467. The molecule has 5 atom stereocenters. The molecule has 1 aromatic rings. The van der Waals surface area contributed by atoms with Crippen LogP contribution in [0, 0.1) is 22.7 Å². The van der Waals surface area contributed by atoms with Crippen LogP contribution in [0.5, 0.6) is 11.5 Å². The van der Waals surface area contributed by atoms with Crippen molar-refractivity contribution in [3.05, 3.63) is 23.8 Å². The van der Waals surface area contributed by atoms with E-state index in [1.807, 2.05) is 0 Å². The number of nitrogens with zero attached hydrogens (tertiary/aromatic N) is 1. The Morgan fingerprint density at radius 1 is 1.17 bits per heavy atom. The van der Waals surface area contributed by atoms with E-state index in [2.05, 4.69) is 26.1 Å². The Morgan fingerprint density at radius 3 is 2.57 bits per heavy atom. The van der Waals surface area contributed by atoms with Gasteiger partial charge in [-0.3, -0.25) is 9.59 Å². The topological polar surface area (TPSA) is 116 Å². The zero-order valence-corrected chi connectivity index (χ0v) is 21.2. The summed E-state index contributed by atoms with van der Waals surface area (Å²) in [5.74, 6) is -0.324. The van der Waals surface area contributed by atoms with Crippen LogP contribution in [0.25, 0.3) is 0 Å². The fourth-order valence-corrected chi connectivity index (χ4v) is 6.82. The van der Waals surface area contributed by atoms with Gasteiger partial charge < -0.3 is 25.2 Å².